The van der Waals surface area contributed by atoms with Crippen molar-refractivity contribution in [1.29, 1.82) is 0 Å². The second-order valence-electron chi connectivity index (χ2n) is 4.65. The van der Waals surface area contributed by atoms with E-state index in [0.717, 1.165) is 5.56 Å². The SMILES string of the molecule is O=C(Nc1ccc(F)c(Cl)c1)Nc1cc(-c2ccccc2)on1. The Kier molecular flexibility index (Phi) is 4.25. The van der Waals surface area contributed by atoms with Crippen LogP contribution in [0.4, 0.5) is 20.7 Å². The number of aromatic nitrogens is 1. The summed E-state index contributed by atoms with van der Waals surface area (Å²) in [5, 5.41) is 8.75. The Hall–Kier alpha value is -2.86. The number of halogens is 2. The second-order valence-corrected chi connectivity index (χ2v) is 5.06. The minimum Gasteiger partial charge on any atom is -0.354 e. The Labute approximate surface area is 136 Å². The number of rotatable bonds is 3. The second kappa shape index (κ2) is 6.50. The lowest BCUT2D eigenvalue weighted by Crippen LogP contribution is -2.19. The fourth-order valence-electron chi connectivity index (χ4n) is 1.93. The van der Waals surface area contributed by atoms with Crippen molar-refractivity contribution >= 4 is 29.1 Å². The molecule has 0 saturated heterocycles. The van der Waals surface area contributed by atoms with Crippen LogP contribution < -0.4 is 10.6 Å². The third-order valence-corrected chi connectivity index (χ3v) is 3.28. The number of carbonyl (C=O) groups excluding carboxylic acids is 1. The molecule has 23 heavy (non-hydrogen) atoms. The van der Waals surface area contributed by atoms with Gasteiger partial charge in [0, 0.05) is 17.3 Å². The van der Waals surface area contributed by atoms with Crippen LogP contribution in [0, 0.1) is 5.82 Å². The van der Waals surface area contributed by atoms with Gasteiger partial charge in [0.25, 0.3) is 0 Å². The smallest absolute Gasteiger partial charge is 0.324 e. The molecule has 0 unspecified atom stereocenters. The summed E-state index contributed by atoms with van der Waals surface area (Å²) in [5.41, 5.74) is 1.21. The first-order chi connectivity index (χ1) is 11.1. The standard InChI is InChI=1S/C16H11ClFN3O2/c17-12-8-11(6-7-13(12)18)19-16(22)20-15-9-14(23-21-15)10-4-2-1-3-5-10/h1-9H,(H2,19,20,21,22). The average molecular weight is 332 g/mol. The van der Waals surface area contributed by atoms with E-state index >= 15 is 0 Å². The van der Waals surface area contributed by atoms with Crippen molar-refractivity contribution in [2.45, 2.75) is 0 Å². The molecule has 0 spiro atoms. The molecule has 1 aromatic heterocycles. The first kappa shape index (κ1) is 15.1. The van der Waals surface area contributed by atoms with Gasteiger partial charge in [-0.05, 0) is 18.2 Å². The summed E-state index contributed by atoms with van der Waals surface area (Å²) in [6.45, 7) is 0. The van der Waals surface area contributed by atoms with Crippen LogP contribution in [-0.4, -0.2) is 11.2 Å². The van der Waals surface area contributed by atoms with Crippen molar-refractivity contribution in [1.82, 2.24) is 5.16 Å². The number of carbonyl (C=O) groups is 1. The quantitative estimate of drug-likeness (QED) is 0.726. The number of nitrogens with zero attached hydrogens (tertiary/aromatic N) is 1. The lowest BCUT2D eigenvalue weighted by atomic mass is 10.2. The molecule has 2 N–H and O–H groups in total. The van der Waals surface area contributed by atoms with Gasteiger partial charge in [-0.1, -0.05) is 47.1 Å². The molecule has 116 valence electrons. The third kappa shape index (κ3) is 3.67. The minimum absolute atomic E-state index is 0.0735. The first-order valence-electron chi connectivity index (χ1n) is 6.67. The van der Waals surface area contributed by atoms with E-state index in [-0.39, 0.29) is 10.8 Å². The topological polar surface area (TPSA) is 67.2 Å². The molecule has 0 fully saturated rings. The van der Waals surface area contributed by atoms with E-state index in [1.165, 1.54) is 18.2 Å². The van der Waals surface area contributed by atoms with Crippen molar-refractivity contribution < 1.29 is 13.7 Å². The Morgan fingerprint density at radius 2 is 1.87 bits per heavy atom. The zero-order valence-electron chi connectivity index (χ0n) is 11.7. The highest BCUT2D eigenvalue weighted by atomic mass is 35.5. The van der Waals surface area contributed by atoms with E-state index in [0.29, 0.717) is 11.4 Å². The van der Waals surface area contributed by atoms with Crippen LogP contribution in [0.15, 0.2) is 59.1 Å². The Balaban J connectivity index is 1.66. The predicted molar refractivity (Wildman–Crippen MR) is 86.0 cm³/mol. The lowest BCUT2D eigenvalue weighted by molar-refractivity contribution is 0.262. The van der Waals surface area contributed by atoms with Crippen LogP contribution >= 0.6 is 11.6 Å². The van der Waals surface area contributed by atoms with E-state index < -0.39 is 11.8 Å². The number of amides is 2. The van der Waals surface area contributed by atoms with Gasteiger partial charge in [0.05, 0.1) is 5.02 Å². The van der Waals surface area contributed by atoms with E-state index in [4.69, 9.17) is 16.1 Å². The predicted octanol–water partition coefficient (Wildman–Crippen LogP) is 4.78. The molecular weight excluding hydrogens is 321 g/mol. The van der Waals surface area contributed by atoms with Gasteiger partial charge in [-0.15, -0.1) is 0 Å². The van der Waals surface area contributed by atoms with Gasteiger partial charge in [-0.3, -0.25) is 5.32 Å². The minimum atomic E-state index is -0.554. The zero-order chi connectivity index (χ0) is 16.2. The summed E-state index contributed by atoms with van der Waals surface area (Å²) in [4.78, 5) is 11.9. The van der Waals surface area contributed by atoms with E-state index in [1.807, 2.05) is 30.3 Å². The van der Waals surface area contributed by atoms with Crippen LogP contribution in [0.2, 0.25) is 5.02 Å². The van der Waals surface area contributed by atoms with Crippen LogP contribution in [0.1, 0.15) is 0 Å². The van der Waals surface area contributed by atoms with Crippen molar-refractivity contribution in [3.63, 3.8) is 0 Å². The van der Waals surface area contributed by atoms with E-state index in [1.54, 1.807) is 6.07 Å². The highest BCUT2D eigenvalue weighted by Gasteiger charge is 2.10. The van der Waals surface area contributed by atoms with Crippen LogP contribution in [0.5, 0.6) is 0 Å². The zero-order valence-corrected chi connectivity index (χ0v) is 12.5. The van der Waals surface area contributed by atoms with Crippen molar-refractivity contribution in [2.75, 3.05) is 10.6 Å². The number of hydrogen-bond acceptors (Lipinski definition) is 3. The largest absolute Gasteiger partial charge is 0.354 e. The summed E-state index contributed by atoms with van der Waals surface area (Å²) in [6, 6.07) is 14.3. The molecule has 1 heterocycles. The van der Waals surface area contributed by atoms with Crippen LogP contribution in [0.25, 0.3) is 11.3 Å². The van der Waals surface area contributed by atoms with Crippen LogP contribution in [-0.2, 0) is 0 Å². The molecule has 0 saturated carbocycles. The lowest BCUT2D eigenvalue weighted by Gasteiger charge is -2.05. The van der Waals surface area contributed by atoms with Crippen molar-refractivity contribution in [2.24, 2.45) is 0 Å². The summed E-state index contributed by atoms with van der Waals surface area (Å²) in [6.07, 6.45) is 0. The molecule has 0 aliphatic heterocycles. The number of nitrogens with one attached hydrogen (secondary N) is 2. The molecule has 0 aliphatic rings. The maximum absolute atomic E-state index is 13.1. The maximum atomic E-state index is 13.1. The van der Waals surface area contributed by atoms with Crippen molar-refractivity contribution in [3.8, 4) is 11.3 Å². The molecule has 3 aromatic rings. The highest BCUT2D eigenvalue weighted by molar-refractivity contribution is 6.31. The molecule has 0 radical (unpaired) electrons. The molecule has 0 aliphatic carbocycles. The molecule has 2 aromatic carbocycles. The summed E-state index contributed by atoms with van der Waals surface area (Å²) in [7, 11) is 0. The molecule has 3 rings (SSSR count). The Morgan fingerprint density at radius 3 is 2.61 bits per heavy atom. The molecule has 2 amide bonds. The number of benzene rings is 2. The average Bonchev–Trinajstić information content (AvgIpc) is 3.00. The molecular formula is C16H11ClFN3O2. The Bertz CT molecular complexity index is 836. The summed E-state index contributed by atoms with van der Waals surface area (Å²) in [5.74, 6) is 0.238. The molecule has 5 nitrogen and oxygen atoms in total. The third-order valence-electron chi connectivity index (χ3n) is 2.99. The van der Waals surface area contributed by atoms with Crippen molar-refractivity contribution in [3.05, 3.63) is 65.4 Å². The van der Waals surface area contributed by atoms with Gasteiger partial charge in [-0.2, -0.15) is 0 Å². The first-order valence-corrected chi connectivity index (χ1v) is 7.05. The van der Waals surface area contributed by atoms with Crippen LogP contribution in [0.3, 0.4) is 0 Å². The number of anilines is 2. The van der Waals surface area contributed by atoms with E-state index in [2.05, 4.69) is 15.8 Å². The number of hydrogen-bond donors (Lipinski definition) is 2. The number of urea groups is 1. The van der Waals surface area contributed by atoms with Gasteiger partial charge in [-0.25, -0.2) is 9.18 Å². The summed E-state index contributed by atoms with van der Waals surface area (Å²) >= 11 is 5.65. The van der Waals surface area contributed by atoms with Gasteiger partial charge < -0.3 is 9.84 Å². The molecule has 0 bridgehead atoms. The van der Waals surface area contributed by atoms with Gasteiger partial charge in [0.1, 0.15) is 5.82 Å². The highest BCUT2D eigenvalue weighted by Crippen LogP contribution is 2.22. The van der Waals surface area contributed by atoms with Gasteiger partial charge >= 0.3 is 6.03 Å². The van der Waals surface area contributed by atoms with Gasteiger partial charge in [0.2, 0.25) is 0 Å². The van der Waals surface area contributed by atoms with E-state index in [9.17, 15) is 9.18 Å². The monoisotopic (exact) mass is 331 g/mol. The maximum Gasteiger partial charge on any atom is 0.324 e. The fourth-order valence-corrected chi connectivity index (χ4v) is 2.11. The molecule has 7 heteroatoms. The Morgan fingerprint density at radius 1 is 1.09 bits per heavy atom. The van der Waals surface area contributed by atoms with Gasteiger partial charge in [0.15, 0.2) is 11.6 Å². The normalized spacial score (nSPS) is 10.3. The fraction of sp³-hybridized carbons (Fsp3) is 0. The molecule has 0 atom stereocenters. The summed E-state index contributed by atoms with van der Waals surface area (Å²) < 4.78 is 18.2.